The van der Waals surface area contributed by atoms with E-state index in [9.17, 15) is 13.2 Å². The quantitative estimate of drug-likeness (QED) is 0.866. The van der Waals surface area contributed by atoms with Crippen LogP contribution in [0.15, 0.2) is 24.3 Å². The molecule has 20 heavy (non-hydrogen) atoms. The van der Waals surface area contributed by atoms with Crippen LogP contribution in [0.4, 0.5) is 5.69 Å². The minimum atomic E-state index is -3.07. The van der Waals surface area contributed by atoms with E-state index in [1.54, 1.807) is 19.2 Å². The van der Waals surface area contributed by atoms with Gasteiger partial charge in [-0.25, -0.2) is 8.42 Å². The summed E-state index contributed by atoms with van der Waals surface area (Å²) in [6.07, 6.45) is 1.17. The molecule has 0 saturated carbocycles. The number of amides is 1. The Hall–Kier alpha value is -1.56. The van der Waals surface area contributed by atoms with Gasteiger partial charge >= 0.3 is 0 Å². The molecule has 1 rings (SSSR count). The molecule has 0 heterocycles. The van der Waals surface area contributed by atoms with Crippen LogP contribution < -0.4 is 5.32 Å². The van der Waals surface area contributed by atoms with Crippen molar-refractivity contribution in [2.24, 2.45) is 0 Å². The molecule has 0 spiro atoms. The van der Waals surface area contributed by atoms with E-state index in [0.29, 0.717) is 5.56 Å². The van der Waals surface area contributed by atoms with Crippen molar-refractivity contribution < 1.29 is 13.2 Å². The molecule has 6 heteroatoms. The number of benzene rings is 1. The Balaban J connectivity index is 2.86. The van der Waals surface area contributed by atoms with Gasteiger partial charge in [0.2, 0.25) is 0 Å². The fourth-order valence-corrected chi connectivity index (χ4v) is 2.32. The highest BCUT2D eigenvalue weighted by Crippen LogP contribution is 2.17. The van der Waals surface area contributed by atoms with E-state index in [2.05, 4.69) is 5.32 Å². The number of nitrogens with one attached hydrogen (secondary N) is 1. The molecule has 0 unspecified atom stereocenters. The standard InChI is InChI=1S/C14H22N2O3S/c1-11(2)15-13-8-6-5-7-12(13)14(17)16(3)9-10-20(4,18)19/h5-8,11,15H,9-10H2,1-4H3. The summed E-state index contributed by atoms with van der Waals surface area (Å²) in [6, 6.07) is 7.45. The Morgan fingerprint density at radius 3 is 2.45 bits per heavy atom. The second kappa shape index (κ2) is 6.74. The monoisotopic (exact) mass is 298 g/mol. The molecule has 1 N–H and O–H groups in total. The van der Waals surface area contributed by atoms with Gasteiger partial charge in [0.25, 0.3) is 5.91 Å². The van der Waals surface area contributed by atoms with Crippen molar-refractivity contribution in [1.82, 2.24) is 4.90 Å². The number of para-hydroxylation sites is 1. The largest absolute Gasteiger partial charge is 0.382 e. The third kappa shape index (κ3) is 5.21. The third-order valence-corrected chi connectivity index (χ3v) is 3.67. The predicted octanol–water partition coefficient (Wildman–Crippen LogP) is 1.62. The smallest absolute Gasteiger partial charge is 0.255 e. The van der Waals surface area contributed by atoms with Crippen LogP contribution in [-0.2, 0) is 9.84 Å². The molecule has 0 radical (unpaired) electrons. The van der Waals surface area contributed by atoms with Crippen molar-refractivity contribution in [2.75, 3.05) is 30.9 Å². The van der Waals surface area contributed by atoms with Crippen LogP contribution in [0.25, 0.3) is 0 Å². The summed E-state index contributed by atoms with van der Waals surface area (Å²) in [4.78, 5) is 13.8. The lowest BCUT2D eigenvalue weighted by Gasteiger charge is -2.20. The fraction of sp³-hybridized carbons (Fsp3) is 0.500. The summed E-state index contributed by atoms with van der Waals surface area (Å²) in [5.74, 6) is -0.216. The molecule has 0 aliphatic rings. The second-order valence-electron chi connectivity index (χ2n) is 5.20. The molecule has 0 bridgehead atoms. The molecular formula is C14H22N2O3S. The molecule has 112 valence electrons. The topological polar surface area (TPSA) is 66.5 Å². The Morgan fingerprint density at radius 2 is 1.90 bits per heavy atom. The molecule has 0 aromatic heterocycles. The molecule has 1 aromatic carbocycles. The minimum absolute atomic E-state index is 0.0327. The number of hydrogen-bond donors (Lipinski definition) is 1. The van der Waals surface area contributed by atoms with Gasteiger partial charge in [0.05, 0.1) is 11.3 Å². The van der Waals surface area contributed by atoms with Gasteiger partial charge in [0, 0.05) is 31.6 Å². The Labute approximate surface area is 120 Å². The van der Waals surface area contributed by atoms with Crippen LogP contribution in [0.5, 0.6) is 0 Å². The van der Waals surface area contributed by atoms with Crippen LogP contribution in [0.2, 0.25) is 0 Å². The fourth-order valence-electron chi connectivity index (χ4n) is 1.72. The van der Waals surface area contributed by atoms with Crippen LogP contribution in [-0.4, -0.2) is 50.9 Å². The number of rotatable bonds is 6. The van der Waals surface area contributed by atoms with Gasteiger partial charge in [-0.1, -0.05) is 12.1 Å². The van der Waals surface area contributed by atoms with E-state index < -0.39 is 9.84 Å². The van der Waals surface area contributed by atoms with Gasteiger partial charge < -0.3 is 10.2 Å². The predicted molar refractivity (Wildman–Crippen MR) is 81.9 cm³/mol. The first kappa shape index (κ1) is 16.5. The number of carbonyl (C=O) groups excluding carboxylic acids is 1. The van der Waals surface area contributed by atoms with E-state index in [-0.39, 0.29) is 24.2 Å². The maximum absolute atomic E-state index is 12.4. The number of carbonyl (C=O) groups is 1. The molecular weight excluding hydrogens is 276 g/mol. The van der Waals surface area contributed by atoms with Crippen LogP contribution in [0.1, 0.15) is 24.2 Å². The SMILES string of the molecule is CC(C)Nc1ccccc1C(=O)N(C)CCS(C)(=O)=O. The first-order valence-corrected chi connectivity index (χ1v) is 8.55. The van der Waals surface area contributed by atoms with E-state index in [0.717, 1.165) is 5.69 Å². The summed E-state index contributed by atoms with van der Waals surface area (Å²) in [5.41, 5.74) is 1.32. The Morgan fingerprint density at radius 1 is 1.30 bits per heavy atom. The van der Waals surface area contributed by atoms with Gasteiger partial charge in [0.15, 0.2) is 0 Å². The molecule has 0 fully saturated rings. The van der Waals surface area contributed by atoms with E-state index in [1.165, 1.54) is 11.2 Å². The van der Waals surface area contributed by atoms with Crippen LogP contribution in [0, 0.1) is 0 Å². The number of nitrogens with zero attached hydrogens (tertiary/aromatic N) is 1. The van der Waals surface area contributed by atoms with Crippen LogP contribution in [0.3, 0.4) is 0 Å². The van der Waals surface area contributed by atoms with E-state index in [1.807, 2.05) is 26.0 Å². The van der Waals surface area contributed by atoms with Crippen molar-refractivity contribution in [3.8, 4) is 0 Å². The third-order valence-electron chi connectivity index (χ3n) is 2.75. The van der Waals surface area contributed by atoms with Crippen molar-refractivity contribution in [2.45, 2.75) is 19.9 Å². The summed E-state index contributed by atoms with van der Waals surface area (Å²) < 4.78 is 22.3. The van der Waals surface area contributed by atoms with Crippen LogP contribution >= 0.6 is 0 Å². The maximum atomic E-state index is 12.4. The van der Waals surface area contributed by atoms with Crippen molar-refractivity contribution in [1.29, 1.82) is 0 Å². The lowest BCUT2D eigenvalue weighted by atomic mass is 10.1. The lowest BCUT2D eigenvalue weighted by molar-refractivity contribution is 0.0804. The van der Waals surface area contributed by atoms with Crippen molar-refractivity contribution in [3.05, 3.63) is 29.8 Å². The number of sulfone groups is 1. The maximum Gasteiger partial charge on any atom is 0.255 e. The normalized spacial score (nSPS) is 11.4. The highest BCUT2D eigenvalue weighted by atomic mass is 32.2. The van der Waals surface area contributed by atoms with E-state index in [4.69, 9.17) is 0 Å². The van der Waals surface area contributed by atoms with Gasteiger partial charge in [-0.2, -0.15) is 0 Å². The molecule has 0 aliphatic carbocycles. The summed E-state index contributed by atoms with van der Waals surface area (Å²) in [7, 11) is -1.46. The molecule has 1 amide bonds. The number of anilines is 1. The highest BCUT2D eigenvalue weighted by molar-refractivity contribution is 7.90. The molecule has 1 aromatic rings. The molecule has 0 atom stereocenters. The van der Waals surface area contributed by atoms with Gasteiger partial charge in [-0.3, -0.25) is 4.79 Å². The Bertz CT molecular complexity index is 568. The molecule has 5 nitrogen and oxygen atoms in total. The van der Waals surface area contributed by atoms with Crippen molar-refractivity contribution in [3.63, 3.8) is 0 Å². The average Bonchev–Trinajstić information content (AvgIpc) is 2.34. The lowest BCUT2D eigenvalue weighted by Crippen LogP contribution is -2.32. The summed E-state index contributed by atoms with van der Waals surface area (Å²) in [5, 5.41) is 3.22. The molecule has 0 aliphatic heterocycles. The zero-order valence-electron chi connectivity index (χ0n) is 12.4. The minimum Gasteiger partial charge on any atom is -0.382 e. The zero-order valence-corrected chi connectivity index (χ0v) is 13.2. The van der Waals surface area contributed by atoms with Crippen molar-refractivity contribution >= 4 is 21.4 Å². The highest BCUT2D eigenvalue weighted by Gasteiger charge is 2.17. The first-order chi connectivity index (χ1) is 9.20. The average molecular weight is 298 g/mol. The van der Waals surface area contributed by atoms with Gasteiger partial charge in [-0.15, -0.1) is 0 Å². The molecule has 0 saturated heterocycles. The summed E-state index contributed by atoms with van der Waals surface area (Å²) >= 11 is 0. The zero-order chi connectivity index (χ0) is 15.3. The first-order valence-electron chi connectivity index (χ1n) is 6.49. The second-order valence-corrected chi connectivity index (χ2v) is 7.46. The van der Waals surface area contributed by atoms with Gasteiger partial charge in [-0.05, 0) is 26.0 Å². The number of hydrogen-bond acceptors (Lipinski definition) is 4. The van der Waals surface area contributed by atoms with Gasteiger partial charge in [0.1, 0.15) is 9.84 Å². The summed E-state index contributed by atoms with van der Waals surface area (Å²) in [6.45, 7) is 4.18. The van der Waals surface area contributed by atoms with E-state index >= 15 is 0 Å². The Kier molecular flexibility index (Phi) is 5.56.